The molecule has 1 aliphatic heterocycles. The van der Waals surface area contributed by atoms with Crippen LogP contribution in [0.4, 0.5) is 0 Å². The standard InChI is InChI=1S/C18H25BrN2O3/c1-20(2)18(23)14-8-10-21(11-9-14)17(22)7-5-13-4-6-16(24-3)15(19)12-13/h4,6,12,14H,5,7-11H2,1-3H3. The zero-order valence-corrected chi connectivity index (χ0v) is 16.1. The van der Waals surface area contributed by atoms with Gasteiger partial charge in [0, 0.05) is 39.5 Å². The van der Waals surface area contributed by atoms with Crippen LogP contribution in [0.5, 0.6) is 5.75 Å². The summed E-state index contributed by atoms with van der Waals surface area (Å²) in [4.78, 5) is 27.9. The SMILES string of the molecule is COc1ccc(CCC(=O)N2CCC(C(=O)N(C)C)CC2)cc1Br. The molecule has 0 unspecified atom stereocenters. The van der Waals surface area contributed by atoms with Crippen LogP contribution >= 0.6 is 15.9 Å². The Bertz CT molecular complexity index is 596. The van der Waals surface area contributed by atoms with Gasteiger partial charge in [0.15, 0.2) is 0 Å². The maximum Gasteiger partial charge on any atom is 0.225 e. The number of ether oxygens (including phenoxy) is 1. The molecule has 1 saturated heterocycles. The van der Waals surface area contributed by atoms with E-state index < -0.39 is 0 Å². The van der Waals surface area contributed by atoms with Crippen LogP contribution in [0.1, 0.15) is 24.8 Å². The van der Waals surface area contributed by atoms with E-state index >= 15 is 0 Å². The van der Waals surface area contributed by atoms with Crippen molar-refractivity contribution < 1.29 is 14.3 Å². The molecule has 0 N–H and O–H groups in total. The van der Waals surface area contributed by atoms with Gasteiger partial charge < -0.3 is 14.5 Å². The number of benzene rings is 1. The molecule has 1 heterocycles. The van der Waals surface area contributed by atoms with Crippen LogP contribution in [0.15, 0.2) is 22.7 Å². The van der Waals surface area contributed by atoms with Crippen LogP contribution in [0.25, 0.3) is 0 Å². The van der Waals surface area contributed by atoms with E-state index in [0.717, 1.165) is 28.6 Å². The lowest BCUT2D eigenvalue weighted by molar-refractivity contribution is -0.139. The second-order valence-electron chi connectivity index (χ2n) is 6.36. The Balaban J connectivity index is 1.82. The quantitative estimate of drug-likeness (QED) is 0.768. The molecule has 0 radical (unpaired) electrons. The van der Waals surface area contributed by atoms with E-state index in [1.165, 1.54) is 0 Å². The molecule has 0 saturated carbocycles. The van der Waals surface area contributed by atoms with E-state index in [1.54, 1.807) is 26.1 Å². The Morgan fingerprint density at radius 2 is 1.96 bits per heavy atom. The van der Waals surface area contributed by atoms with Gasteiger partial charge in [-0.05, 0) is 52.9 Å². The molecule has 1 fully saturated rings. The molecule has 0 aliphatic carbocycles. The van der Waals surface area contributed by atoms with E-state index in [0.29, 0.717) is 25.9 Å². The smallest absolute Gasteiger partial charge is 0.225 e. The summed E-state index contributed by atoms with van der Waals surface area (Å²) in [7, 11) is 5.20. The average Bonchev–Trinajstić information content (AvgIpc) is 2.59. The van der Waals surface area contributed by atoms with Crippen molar-refractivity contribution in [3.8, 4) is 5.75 Å². The maximum absolute atomic E-state index is 12.4. The van der Waals surface area contributed by atoms with Gasteiger partial charge >= 0.3 is 0 Å². The number of likely N-dealkylation sites (tertiary alicyclic amines) is 1. The predicted octanol–water partition coefficient (Wildman–Crippen LogP) is 2.72. The zero-order valence-electron chi connectivity index (χ0n) is 14.5. The molecule has 0 spiro atoms. The van der Waals surface area contributed by atoms with Gasteiger partial charge in [0.05, 0.1) is 11.6 Å². The van der Waals surface area contributed by atoms with Crippen LogP contribution in [0, 0.1) is 5.92 Å². The number of halogens is 1. The number of carbonyl (C=O) groups is 2. The number of hydrogen-bond acceptors (Lipinski definition) is 3. The molecule has 1 aromatic rings. The summed E-state index contributed by atoms with van der Waals surface area (Å²) in [6.45, 7) is 1.35. The largest absolute Gasteiger partial charge is 0.496 e. The molecule has 0 atom stereocenters. The highest BCUT2D eigenvalue weighted by molar-refractivity contribution is 9.10. The molecule has 0 bridgehead atoms. The predicted molar refractivity (Wildman–Crippen MR) is 97.0 cm³/mol. The van der Waals surface area contributed by atoms with Crippen LogP contribution in [0.2, 0.25) is 0 Å². The van der Waals surface area contributed by atoms with E-state index in [9.17, 15) is 9.59 Å². The minimum Gasteiger partial charge on any atom is -0.496 e. The fourth-order valence-corrected chi connectivity index (χ4v) is 3.60. The second kappa shape index (κ2) is 8.51. The van der Waals surface area contributed by atoms with Gasteiger partial charge in [-0.25, -0.2) is 0 Å². The van der Waals surface area contributed by atoms with Crippen molar-refractivity contribution in [2.24, 2.45) is 5.92 Å². The highest BCUT2D eigenvalue weighted by Gasteiger charge is 2.27. The number of piperidine rings is 1. The molecule has 0 aromatic heterocycles. The van der Waals surface area contributed by atoms with Gasteiger partial charge in [0.1, 0.15) is 5.75 Å². The molecular formula is C18H25BrN2O3. The number of nitrogens with zero attached hydrogens (tertiary/aromatic N) is 2. The Hall–Kier alpha value is -1.56. The molecule has 6 heteroatoms. The van der Waals surface area contributed by atoms with Gasteiger partial charge in [0.2, 0.25) is 11.8 Å². The second-order valence-corrected chi connectivity index (χ2v) is 7.21. The lowest BCUT2D eigenvalue weighted by Gasteiger charge is -2.32. The summed E-state index contributed by atoms with van der Waals surface area (Å²) in [5.41, 5.74) is 1.11. The van der Waals surface area contributed by atoms with Crippen molar-refractivity contribution in [2.75, 3.05) is 34.3 Å². The summed E-state index contributed by atoms with van der Waals surface area (Å²) < 4.78 is 6.11. The van der Waals surface area contributed by atoms with Gasteiger partial charge in [-0.2, -0.15) is 0 Å². The summed E-state index contributed by atoms with van der Waals surface area (Å²) in [5, 5.41) is 0. The summed E-state index contributed by atoms with van der Waals surface area (Å²) in [6, 6.07) is 5.88. The number of carbonyl (C=O) groups excluding carboxylic acids is 2. The fraction of sp³-hybridized carbons (Fsp3) is 0.556. The first-order chi connectivity index (χ1) is 11.4. The van der Waals surface area contributed by atoms with E-state index in [-0.39, 0.29) is 17.7 Å². The number of methoxy groups -OCH3 is 1. The third-order valence-electron chi connectivity index (χ3n) is 4.48. The summed E-state index contributed by atoms with van der Waals surface area (Å²) >= 11 is 3.47. The molecule has 132 valence electrons. The first-order valence-corrected chi connectivity index (χ1v) is 9.03. The van der Waals surface area contributed by atoms with Crippen molar-refractivity contribution in [3.05, 3.63) is 28.2 Å². The van der Waals surface area contributed by atoms with E-state index in [1.807, 2.05) is 23.1 Å². The average molecular weight is 397 g/mol. The van der Waals surface area contributed by atoms with Gasteiger partial charge in [-0.15, -0.1) is 0 Å². The number of hydrogen-bond donors (Lipinski definition) is 0. The van der Waals surface area contributed by atoms with Crippen molar-refractivity contribution in [2.45, 2.75) is 25.7 Å². The molecular weight excluding hydrogens is 372 g/mol. The molecule has 2 rings (SSSR count). The highest BCUT2D eigenvalue weighted by Crippen LogP contribution is 2.26. The van der Waals surface area contributed by atoms with E-state index in [4.69, 9.17) is 4.74 Å². The summed E-state index contributed by atoms with van der Waals surface area (Å²) in [6.07, 6.45) is 2.72. The van der Waals surface area contributed by atoms with Crippen molar-refractivity contribution in [3.63, 3.8) is 0 Å². The number of rotatable bonds is 5. The fourth-order valence-electron chi connectivity index (χ4n) is 3.02. The number of amides is 2. The third kappa shape index (κ3) is 4.72. The van der Waals surface area contributed by atoms with Crippen molar-refractivity contribution in [1.29, 1.82) is 0 Å². The van der Waals surface area contributed by atoms with Gasteiger partial charge in [-0.1, -0.05) is 6.07 Å². The zero-order chi connectivity index (χ0) is 17.7. The monoisotopic (exact) mass is 396 g/mol. The highest BCUT2D eigenvalue weighted by atomic mass is 79.9. The Labute approximate surface area is 152 Å². The van der Waals surface area contributed by atoms with Crippen molar-refractivity contribution in [1.82, 2.24) is 9.80 Å². The first-order valence-electron chi connectivity index (χ1n) is 8.23. The Morgan fingerprint density at radius 1 is 1.29 bits per heavy atom. The molecule has 2 amide bonds. The minimum absolute atomic E-state index is 0.0570. The van der Waals surface area contributed by atoms with Crippen LogP contribution < -0.4 is 4.74 Å². The molecule has 5 nitrogen and oxygen atoms in total. The molecule has 1 aromatic carbocycles. The summed E-state index contributed by atoms with van der Waals surface area (Å²) in [5.74, 6) is 1.18. The lowest BCUT2D eigenvalue weighted by atomic mass is 9.95. The number of aryl methyl sites for hydroxylation is 1. The topological polar surface area (TPSA) is 49.9 Å². The van der Waals surface area contributed by atoms with Crippen LogP contribution in [-0.4, -0.2) is 55.9 Å². The van der Waals surface area contributed by atoms with Gasteiger partial charge in [-0.3, -0.25) is 9.59 Å². The third-order valence-corrected chi connectivity index (χ3v) is 5.10. The minimum atomic E-state index is 0.0570. The maximum atomic E-state index is 12.4. The lowest BCUT2D eigenvalue weighted by Crippen LogP contribution is -2.42. The van der Waals surface area contributed by atoms with Crippen molar-refractivity contribution >= 4 is 27.7 Å². The molecule has 24 heavy (non-hydrogen) atoms. The van der Waals surface area contributed by atoms with Crippen LogP contribution in [0.3, 0.4) is 0 Å². The first kappa shape index (κ1) is 18.8. The van der Waals surface area contributed by atoms with Crippen LogP contribution in [-0.2, 0) is 16.0 Å². The normalized spacial score (nSPS) is 15.2. The van der Waals surface area contributed by atoms with E-state index in [2.05, 4.69) is 15.9 Å². The van der Waals surface area contributed by atoms with Gasteiger partial charge in [0.25, 0.3) is 0 Å². The Kier molecular flexibility index (Phi) is 6.66. The molecule has 1 aliphatic rings. The Morgan fingerprint density at radius 3 is 2.50 bits per heavy atom.